The third-order valence-electron chi connectivity index (χ3n) is 12.3. The van der Waals surface area contributed by atoms with Gasteiger partial charge < -0.3 is 103 Å². The first-order valence-corrected chi connectivity index (χ1v) is 29.3. The zero-order valence-electron chi connectivity index (χ0n) is 50.3. The maximum absolute atomic E-state index is 14.2. The smallest absolute Gasteiger partial charge is 0.255 e. The number of benzene rings is 2. The monoisotopic (exact) mass is 1220 g/mol. The Morgan fingerprint density at radius 3 is 1.41 bits per heavy atom. The number of methoxy groups -OCH3 is 2. The van der Waals surface area contributed by atoms with Crippen LogP contribution in [0.5, 0.6) is 28.7 Å². The Morgan fingerprint density at radius 2 is 0.906 bits per heavy atom. The van der Waals surface area contributed by atoms with E-state index in [9.17, 15) is 34.2 Å². The second-order valence-electron chi connectivity index (χ2n) is 18.8. The van der Waals surface area contributed by atoms with Gasteiger partial charge in [0.25, 0.3) is 11.8 Å². The molecule has 0 radical (unpaired) electrons. The molecule has 7 N–H and O–H groups in total. The summed E-state index contributed by atoms with van der Waals surface area (Å²) >= 11 is 0. The fraction of sp³-hybridized carbons (Fsp3) is 0.707. The standard InChI is InChI=1S/C58H97N5O22/c1-4-21-73-26-27-76-34-37-81-40-43-84-85-52-45-48(44-51(82-41-38-79-35-32-77-30-28-74-24-22-71-2)54(52)83-42-39-80-36-33-78-31-29-75-25-23-72-3)55(68)61-18-5-6-19-63-57(70)58(13-8-16-59-46-64,14-9-17-60-47-65)15-10-20-62-56(69)49-11-7-12-50(66)53(49)67/h7,11-12,44-47,66-67H,4-6,8-10,13-43H2,1-3H3,(H,59,64)(H,60,65)(H,61,68)(H,62,69)(H,63,70). The predicted octanol–water partition coefficient (Wildman–Crippen LogP) is 2.89. The molecule has 27 nitrogen and oxygen atoms in total. The van der Waals surface area contributed by atoms with Gasteiger partial charge in [0.15, 0.2) is 17.2 Å². The van der Waals surface area contributed by atoms with Crippen LogP contribution in [0.2, 0.25) is 0 Å². The molecule has 2 aromatic rings. The van der Waals surface area contributed by atoms with Crippen LogP contribution in [-0.2, 0) is 71.4 Å². The van der Waals surface area contributed by atoms with Crippen molar-refractivity contribution in [2.45, 2.75) is 64.7 Å². The van der Waals surface area contributed by atoms with Crippen molar-refractivity contribution in [3.63, 3.8) is 0 Å². The lowest BCUT2D eigenvalue weighted by Crippen LogP contribution is -2.43. The molecule has 0 aromatic heterocycles. The van der Waals surface area contributed by atoms with Gasteiger partial charge in [0.1, 0.15) is 19.8 Å². The Kier molecular flexibility index (Phi) is 46.7. The van der Waals surface area contributed by atoms with Crippen molar-refractivity contribution in [2.75, 3.05) is 199 Å². The van der Waals surface area contributed by atoms with Crippen molar-refractivity contribution < 1.29 is 106 Å². The molecular weight excluding hydrogens is 1120 g/mol. The molecule has 0 aliphatic rings. The number of hydrogen-bond donors (Lipinski definition) is 7. The number of unbranched alkanes of at least 4 members (excludes halogenated alkanes) is 1. The number of amides is 5. The average Bonchev–Trinajstić information content (AvgIpc) is 3.48. The van der Waals surface area contributed by atoms with E-state index in [1.807, 2.05) is 6.92 Å². The molecule has 0 atom stereocenters. The highest BCUT2D eigenvalue weighted by atomic mass is 17.2. The predicted molar refractivity (Wildman–Crippen MR) is 310 cm³/mol. The highest BCUT2D eigenvalue weighted by Crippen LogP contribution is 2.40. The summed E-state index contributed by atoms with van der Waals surface area (Å²) in [6.07, 6.45) is 5.55. The van der Waals surface area contributed by atoms with Crippen LogP contribution in [-0.4, -0.2) is 240 Å². The van der Waals surface area contributed by atoms with Crippen LogP contribution in [0.1, 0.15) is 85.4 Å². The van der Waals surface area contributed by atoms with Crippen LogP contribution in [0.15, 0.2) is 30.3 Å². The summed E-state index contributed by atoms with van der Waals surface area (Å²) in [5, 5.41) is 34.1. The number of carbonyl (C=O) groups excluding carboxylic acids is 5. The van der Waals surface area contributed by atoms with Crippen LogP contribution in [0.3, 0.4) is 0 Å². The van der Waals surface area contributed by atoms with E-state index >= 15 is 0 Å². The number of rotatable bonds is 61. The SMILES string of the molecule is CCCOCCOCCOCCOOc1cc(C(=O)NCCCCNC(=O)C(CCCNC=O)(CCCNC=O)CCCNC(=O)c2cccc(O)c2O)cc(OCCOCCOCCOCCOC)c1OCCOCCOCCOCCOC. The quantitative estimate of drug-likeness (QED) is 0.0165. The molecule has 0 saturated carbocycles. The first-order valence-electron chi connectivity index (χ1n) is 29.3. The molecule has 5 amide bonds. The normalized spacial score (nSPS) is 11.3. The molecule has 0 spiro atoms. The average molecular weight is 1220 g/mol. The fourth-order valence-electron chi connectivity index (χ4n) is 7.96. The summed E-state index contributed by atoms with van der Waals surface area (Å²) in [5.74, 6) is -1.89. The van der Waals surface area contributed by atoms with E-state index in [0.717, 1.165) is 6.42 Å². The number of nitrogens with one attached hydrogen (secondary N) is 5. The van der Waals surface area contributed by atoms with Crippen molar-refractivity contribution in [3.8, 4) is 28.7 Å². The maximum Gasteiger partial charge on any atom is 0.255 e. The van der Waals surface area contributed by atoms with E-state index in [4.69, 9.17) is 71.4 Å². The summed E-state index contributed by atoms with van der Waals surface area (Å²) < 4.78 is 72.5. The van der Waals surface area contributed by atoms with Crippen molar-refractivity contribution >= 4 is 30.5 Å². The highest BCUT2D eigenvalue weighted by Gasteiger charge is 2.37. The fourth-order valence-corrected chi connectivity index (χ4v) is 7.96. The molecule has 0 aliphatic carbocycles. The largest absolute Gasteiger partial charge is 0.504 e. The number of phenols is 2. The zero-order chi connectivity index (χ0) is 61.5. The molecule has 27 heteroatoms. The number of hydrogen-bond acceptors (Lipinski definition) is 22. The molecule has 0 heterocycles. The molecule has 0 fully saturated rings. The first kappa shape index (κ1) is 75.4. The van der Waals surface area contributed by atoms with Crippen LogP contribution >= 0.6 is 0 Å². The number of phenolic OH excluding ortho intramolecular Hbond substituents is 2. The number of aromatic hydroxyl groups is 2. The lowest BCUT2D eigenvalue weighted by atomic mass is 9.74. The van der Waals surface area contributed by atoms with Crippen molar-refractivity contribution in [1.82, 2.24) is 26.6 Å². The minimum Gasteiger partial charge on any atom is -0.504 e. The van der Waals surface area contributed by atoms with Crippen molar-refractivity contribution in [2.24, 2.45) is 5.41 Å². The summed E-state index contributed by atoms with van der Waals surface area (Å²) in [6.45, 7) is 11.2. The van der Waals surface area contributed by atoms with E-state index < -0.39 is 28.7 Å². The first-order chi connectivity index (χ1) is 41.7. The van der Waals surface area contributed by atoms with Gasteiger partial charge in [-0.15, -0.1) is 0 Å². The van der Waals surface area contributed by atoms with Gasteiger partial charge in [-0.2, -0.15) is 4.89 Å². The van der Waals surface area contributed by atoms with Crippen molar-refractivity contribution in [3.05, 3.63) is 41.5 Å². The van der Waals surface area contributed by atoms with Gasteiger partial charge in [-0.3, -0.25) is 24.0 Å². The lowest BCUT2D eigenvalue weighted by molar-refractivity contribution is -0.216. The summed E-state index contributed by atoms with van der Waals surface area (Å²) in [6, 6.07) is 7.09. The van der Waals surface area contributed by atoms with Gasteiger partial charge in [0.2, 0.25) is 30.2 Å². The number of carbonyl (C=O) groups is 5. The van der Waals surface area contributed by atoms with E-state index in [-0.39, 0.29) is 93.6 Å². The molecule has 0 saturated heterocycles. The molecule has 486 valence electrons. The second-order valence-corrected chi connectivity index (χ2v) is 18.8. The molecule has 2 rings (SSSR count). The topological polar surface area (TPSA) is 324 Å². The van der Waals surface area contributed by atoms with Crippen LogP contribution in [0.4, 0.5) is 0 Å². The molecule has 0 bridgehead atoms. The van der Waals surface area contributed by atoms with E-state index in [2.05, 4.69) is 26.6 Å². The van der Waals surface area contributed by atoms with Gasteiger partial charge >= 0.3 is 0 Å². The zero-order valence-corrected chi connectivity index (χ0v) is 50.3. The Morgan fingerprint density at radius 1 is 0.482 bits per heavy atom. The van der Waals surface area contributed by atoms with Crippen LogP contribution in [0.25, 0.3) is 0 Å². The Labute approximate surface area is 500 Å². The summed E-state index contributed by atoms with van der Waals surface area (Å²) in [5.41, 5.74) is -0.862. The lowest BCUT2D eigenvalue weighted by Gasteiger charge is -2.33. The third kappa shape index (κ3) is 36.8. The molecule has 0 aliphatic heterocycles. The minimum absolute atomic E-state index is 0.0135. The van der Waals surface area contributed by atoms with E-state index in [1.165, 1.54) is 30.3 Å². The van der Waals surface area contributed by atoms with E-state index in [1.54, 1.807) is 14.2 Å². The molecule has 85 heavy (non-hydrogen) atoms. The second kappa shape index (κ2) is 52.6. The van der Waals surface area contributed by atoms with Crippen LogP contribution < -0.4 is 40.9 Å². The van der Waals surface area contributed by atoms with Crippen LogP contribution in [0, 0.1) is 5.41 Å². The third-order valence-corrected chi connectivity index (χ3v) is 12.3. The Balaban J connectivity index is 2.19. The van der Waals surface area contributed by atoms with Gasteiger partial charge in [0, 0.05) is 70.6 Å². The van der Waals surface area contributed by atoms with Crippen molar-refractivity contribution in [1.29, 1.82) is 0 Å². The summed E-state index contributed by atoms with van der Waals surface area (Å²) in [4.78, 5) is 74.5. The van der Waals surface area contributed by atoms with Gasteiger partial charge in [-0.05, 0) is 76.0 Å². The highest BCUT2D eigenvalue weighted by molar-refractivity contribution is 5.97. The Bertz CT molecular complexity index is 1960. The minimum atomic E-state index is -0.936. The Hall–Kier alpha value is -5.69. The molecular formula is C58H97N5O22. The van der Waals surface area contributed by atoms with Gasteiger partial charge in [0.05, 0.1) is 131 Å². The molecule has 2 aromatic carbocycles. The maximum atomic E-state index is 14.2. The van der Waals surface area contributed by atoms with E-state index in [0.29, 0.717) is 190 Å². The number of para-hydroxylation sites is 1. The molecule has 0 unspecified atom stereocenters. The van der Waals surface area contributed by atoms with Gasteiger partial charge in [-0.25, -0.2) is 0 Å². The summed E-state index contributed by atoms with van der Waals surface area (Å²) in [7, 11) is 3.21. The number of ether oxygens (including phenoxy) is 13. The van der Waals surface area contributed by atoms with Gasteiger partial charge in [-0.1, -0.05) is 13.0 Å².